The fourth-order valence-corrected chi connectivity index (χ4v) is 2.82. The molecule has 1 heterocycles. The van der Waals surface area contributed by atoms with Crippen molar-refractivity contribution in [2.75, 3.05) is 13.2 Å². The zero-order valence-corrected chi connectivity index (χ0v) is 13.2. The molecule has 0 aromatic heterocycles. The molecule has 116 valence electrons. The number of para-hydroxylation sites is 1. The van der Waals surface area contributed by atoms with E-state index in [0.717, 1.165) is 11.3 Å². The number of hydrogen-bond acceptors (Lipinski definition) is 3. The molecule has 0 saturated heterocycles. The monoisotopic (exact) mass is 291 g/mol. The van der Waals surface area contributed by atoms with Crippen molar-refractivity contribution in [3.05, 3.63) is 29.8 Å². The number of carbonyl (C=O) groups is 1. The highest BCUT2D eigenvalue weighted by atomic mass is 16.5. The smallest absolute Gasteiger partial charge is 0.231 e. The molecule has 4 heteroatoms. The third-order valence-electron chi connectivity index (χ3n) is 4.17. The van der Waals surface area contributed by atoms with Gasteiger partial charge in [-0.15, -0.1) is 0 Å². The highest BCUT2D eigenvalue weighted by molar-refractivity contribution is 5.85. The predicted molar refractivity (Wildman–Crippen MR) is 82.3 cm³/mol. The topological polar surface area (TPSA) is 58.6 Å². The first-order valence-corrected chi connectivity index (χ1v) is 7.50. The van der Waals surface area contributed by atoms with E-state index in [9.17, 15) is 9.90 Å². The molecule has 2 atom stereocenters. The first-order valence-electron chi connectivity index (χ1n) is 7.50. The average Bonchev–Trinajstić information content (AvgIpc) is 2.88. The predicted octanol–water partition coefficient (Wildman–Crippen LogP) is 2.32. The molecule has 0 saturated carbocycles. The Bertz CT molecular complexity index is 511. The van der Waals surface area contributed by atoms with Gasteiger partial charge in [0.2, 0.25) is 5.91 Å². The van der Waals surface area contributed by atoms with E-state index in [2.05, 4.69) is 5.32 Å². The second-order valence-corrected chi connectivity index (χ2v) is 6.80. The number of aliphatic hydroxyl groups excluding tert-OH is 1. The van der Waals surface area contributed by atoms with E-state index >= 15 is 0 Å². The molecule has 4 nitrogen and oxygen atoms in total. The summed E-state index contributed by atoms with van der Waals surface area (Å²) in [6.45, 7) is 8.74. The van der Waals surface area contributed by atoms with Gasteiger partial charge in [-0.25, -0.2) is 0 Å². The van der Waals surface area contributed by atoms with Gasteiger partial charge in [-0.2, -0.15) is 0 Å². The van der Waals surface area contributed by atoms with E-state index in [1.54, 1.807) is 0 Å². The molecule has 1 aliphatic rings. The van der Waals surface area contributed by atoms with Crippen LogP contribution in [0.1, 0.15) is 39.2 Å². The Balaban J connectivity index is 1.98. The van der Waals surface area contributed by atoms with E-state index < -0.39 is 6.10 Å². The lowest BCUT2D eigenvalue weighted by molar-refractivity contribution is -0.123. The molecule has 0 aliphatic carbocycles. The zero-order chi connectivity index (χ0) is 15.6. The molecule has 2 rings (SSSR count). The normalized spacial score (nSPS) is 19.0. The molecule has 1 aromatic rings. The Morgan fingerprint density at radius 2 is 2.10 bits per heavy atom. The number of hydrogen-bond donors (Lipinski definition) is 2. The van der Waals surface area contributed by atoms with Crippen LogP contribution in [0.3, 0.4) is 0 Å². The molecule has 0 radical (unpaired) electrons. The van der Waals surface area contributed by atoms with Gasteiger partial charge >= 0.3 is 0 Å². The minimum atomic E-state index is -0.454. The molecule has 1 amide bonds. The van der Waals surface area contributed by atoms with Crippen molar-refractivity contribution < 1.29 is 14.6 Å². The van der Waals surface area contributed by atoms with E-state index in [4.69, 9.17) is 4.74 Å². The van der Waals surface area contributed by atoms with Crippen LogP contribution < -0.4 is 10.1 Å². The van der Waals surface area contributed by atoms with Crippen molar-refractivity contribution in [2.24, 2.45) is 11.3 Å². The molecule has 1 aromatic carbocycles. The van der Waals surface area contributed by atoms with Crippen molar-refractivity contribution in [2.45, 2.75) is 39.7 Å². The van der Waals surface area contributed by atoms with Crippen LogP contribution in [-0.2, 0) is 4.79 Å². The van der Waals surface area contributed by atoms with E-state index in [0.29, 0.717) is 13.2 Å². The van der Waals surface area contributed by atoms with Gasteiger partial charge in [-0.3, -0.25) is 4.79 Å². The number of amides is 1. The van der Waals surface area contributed by atoms with Gasteiger partial charge < -0.3 is 15.2 Å². The van der Waals surface area contributed by atoms with E-state index in [1.165, 1.54) is 0 Å². The largest absolute Gasteiger partial charge is 0.492 e. The van der Waals surface area contributed by atoms with Crippen LogP contribution in [0.4, 0.5) is 0 Å². The van der Waals surface area contributed by atoms with Crippen molar-refractivity contribution in [3.63, 3.8) is 0 Å². The molecular weight excluding hydrogens is 266 g/mol. The Morgan fingerprint density at radius 3 is 2.76 bits per heavy atom. The maximum absolute atomic E-state index is 12.4. The van der Waals surface area contributed by atoms with Gasteiger partial charge in [0.25, 0.3) is 0 Å². The van der Waals surface area contributed by atoms with Crippen molar-refractivity contribution in [3.8, 4) is 5.75 Å². The molecule has 2 unspecified atom stereocenters. The van der Waals surface area contributed by atoms with E-state index in [1.807, 2.05) is 52.0 Å². The number of aliphatic hydroxyl groups is 1. The number of carbonyl (C=O) groups excluding carboxylic acids is 1. The van der Waals surface area contributed by atoms with Gasteiger partial charge in [0.15, 0.2) is 0 Å². The quantitative estimate of drug-likeness (QED) is 0.875. The Hall–Kier alpha value is -1.55. The van der Waals surface area contributed by atoms with Crippen LogP contribution in [-0.4, -0.2) is 30.3 Å². The molecule has 21 heavy (non-hydrogen) atoms. The average molecular weight is 291 g/mol. The minimum absolute atomic E-state index is 0.0380. The Kier molecular flexibility index (Phi) is 4.57. The summed E-state index contributed by atoms with van der Waals surface area (Å²) >= 11 is 0. The number of rotatable bonds is 5. The van der Waals surface area contributed by atoms with Crippen LogP contribution in [0, 0.1) is 11.3 Å². The van der Waals surface area contributed by atoms with Crippen LogP contribution in [0.2, 0.25) is 0 Å². The standard InChI is InChI=1S/C17H25NO3/c1-11(2)15(19)17(3,4)10-18-16(20)13-9-21-14-8-6-5-7-12(13)14/h5-8,11,13,15,19H,9-10H2,1-4H3,(H,18,20). The molecule has 1 aliphatic heterocycles. The Morgan fingerprint density at radius 1 is 1.43 bits per heavy atom. The lowest BCUT2D eigenvalue weighted by atomic mass is 9.80. The summed E-state index contributed by atoms with van der Waals surface area (Å²) in [5.74, 6) is 0.656. The minimum Gasteiger partial charge on any atom is -0.492 e. The summed E-state index contributed by atoms with van der Waals surface area (Å²) in [4.78, 5) is 12.4. The molecule has 2 N–H and O–H groups in total. The summed E-state index contributed by atoms with van der Waals surface area (Å²) < 4.78 is 5.54. The van der Waals surface area contributed by atoms with Gasteiger partial charge in [-0.1, -0.05) is 45.9 Å². The SMILES string of the molecule is CC(C)C(O)C(C)(C)CNC(=O)C1COc2ccccc21. The summed E-state index contributed by atoms with van der Waals surface area (Å²) in [6.07, 6.45) is -0.454. The number of benzene rings is 1. The summed E-state index contributed by atoms with van der Waals surface area (Å²) in [5.41, 5.74) is 0.584. The summed E-state index contributed by atoms with van der Waals surface area (Å²) in [6, 6.07) is 7.64. The molecule has 0 fully saturated rings. The fourth-order valence-electron chi connectivity index (χ4n) is 2.82. The highest BCUT2D eigenvalue weighted by Gasteiger charge is 2.34. The van der Waals surface area contributed by atoms with Gasteiger partial charge in [-0.05, 0) is 12.0 Å². The summed E-state index contributed by atoms with van der Waals surface area (Å²) in [7, 11) is 0. The van der Waals surface area contributed by atoms with Crippen LogP contribution >= 0.6 is 0 Å². The van der Waals surface area contributed by atoms with Crippen molar-refractivity contribution in [1.29, 1.82) is 0 Å². The maximum Gasteiger partial charge on any atom is 0.231 e. The lowest BCUT2D eigenvalue weighted by Crippen LogP contribution is -2.44. The van der Waals surface area contributed by atoms with Crippen LogP contribution in [0.25, 0.3) is 0 Å². The Labute approximate surface area is 126 Å². The van der Waals surface area contributed by atoms with Gasteiger partial charge in [0, 0.05) is 17.5 Å². The second-order valence-electron chi connectivity index (χ2n) is 6.80. The lowest BCUT2D eigenvalue weighted by Gasteiger charge is -2.33. The fraction of sp³-hybridized carbons (Fsp3) is 0.588. The number of nitrogens with one attached hydrogen (secondary N) is 1. The highest BCUT2D eigenvalue weighted by Crippen LogP contribution is 2.33. The van der Waals surface area contributed by atoms with Gasteiger partial charge in [0.05, 0.1) is 6.10 Å². The van der Waals surface area contributed by atoms with Crippen molar-refractivity contribution in [1.82, 2.24) is 5.32 Å². The number of fused-ring (bicyclic) bond motifs is 1. The summed E-state index contributed by atoms with van der Waals surface area (Å²) in [5, 5.41) is 13.2. The molecular formula is C17H25NO3. The third kappa shape index (κ3) is 3.38. The van der Waals surface area contributed by atoms with Crippen molar-refractivity contribution >= 4 is 5.91 Å². The van der Waals surface area contributed by atoms with E-state index in [-0.39, 0.29) is 23.2 Å². The van der Waals surface area contributed by atoms with Gasteiger partial charge in [0.1, 0.15) is 18.3 Å². The maximum atomic E-state index is 12.4. The number of ether oxygens (including phenoxy) is 1. The van der Waals surface area contributed by atoms with Crippen LogP contribution in [0.5, 0.6) is 5.75 Å². The second kappa shape index (κ2) is 6.06. The molecule has 0 bridgehead atoms. The van der Waals surface area contributed by atoms with Crippen LogP contribution in [0.15, 0.2) is 24.3 Å². The zero-order valence-electron chi connectivity index (χ0n) is 13.2. The first kappa shape index (κ1) is 15.8. The third-order valence-corrected chi connectivity index (χ3v) is 4.17. The molecule has 0 spiro atoms. The first-order chi connectivity index (χ1) is 9.83.